The zero-order valence-electron chi connectivity index (χ0n) is 11.3. The molecule has 0 saturated carbocycles. The first-order valence-corrected chi connectivity index (χ1v) is 6.27. The van der Waals surface area contributed by atoms with Gasteiger partial charge < -0.3 is 14.8 Å². The van der Waals surface area contributed by atoms with Crippen LogP contribution >= 0.6 is 0 Å². The van der Waals surface area contributed by atoms with E-state index in [4.69, 9.17) is 9.47 Å². The van der Waals surface area contributed by atoms with Crippen molar-refractivity contribution in [2.24, 2.45) is 0 Å². The molecular formula is C13H20N2O4. The summed E-state index contributed by atoms with van der Waals surface area (Å²) in [6.45, 7) is 3.98. The molecule has 0 aliphatic rings. The number of non-ortho nitro benzene ring substituents is 1. The van der Waals surface area contributed by atoms with Crippen LogP contribution in [-0.4, -0.2) is 37.8 Å². The summed E-state index contributed by atoms with van der Waals surface area (Å²) in [6.07, 6.45) is 0.991. The minimum Gasteiger partial charge on any atom is -0.492 e. The highest BCUT2D eigenvalue weighted by molar-refractivity contribution is 5.35. The van der Waals surface area contributed by atoms with Crippen LogP contribution in [0.1, 0.15) is 13.3 Å². The van der Waals surface area contributed by atoms with Crippen molar-refractivity contribution in [3.8, 4) is 5.75 Å². The lowest BCUT2D eigenvalue weighted by molar-refractivity contribution is -0.384. The van der Waals surface area contributed by atoms with Gasteiger partial charge in [-0.25, -0.2) is 0 Å². The van der Waals surface area contributed by atoms with Crippen LogP contribution in [0.4, 0.5) is 5.69 Å². The Hall–Kier alpha value is -1.66. The largest absolute Gasteiger partial charge is 0.492 e. The maximum absolute atomic E-state index is 10.5. The average molecular weight is 268 g/mol. The maximum Gasteiger partial charge on any atom is 0.269 e. The molecule has 0 fully saturated rings. The van der Waals surface area contributed by atoms with Gasteiger partial charge in [0.25, 0.3) is 5.69 Å². The van der Waals surface area contributed by atoms with Gasteiger partial charge >= 0.3 is 0 Å². The van der Waals surface area contributed by atoms with Crippen LogP contribution in [0.5, 0.6) is 5.75 Å². The molecule has 0 heterocycles. The molecule has 19 heavy (non-hydrogen) atoms. The van der Waals surface area contributed by atoms with Gasteiger partial charge in [-0.15, -0.1) is 0 Å². The van der Waals surface area contributed by atoms with Gasteiger partial charge in [-0.05, 0) is 18.6 Å². The number of nitro benzene ring substituents is 1. The lowest BCUT2D eigenvalue weighted by Crippen LogP contribution is -2.35. The smallest absolute Gasteiger partial charge is 0.269 e. The molecule has 1 rings (SSSR count). The first-order valence-electron chi connectivity index (χ1n) is 6.27. The quantitative estimate of drug-likeness (QED) is 0.421. The van der Waals surface area contributed by atoms with Gasteiger partial charge in [-0.2, -0.15) is 0 Å². The summed E-state index contributed by atoms with van der Waals surface area (Å²) in [4.78, 5) is 10.1. The van der Waals surface area contributed by atoms with Gasteiger partial charge in [0.1, 0.15) is 12.4 Å². The molecule has 0 aliphatic carbocycles. The Morgan fingerprint density at radius 3 is 2.58 bits per heavy atom. The lowest BCUT2D eigenvalue weighted by Gasteiger charge is -2.15. The van der Waals surface area contributed by atoms with Crippen molar-refractivity contribution in [2.45, 2.75) is 19.4 Å². The van der Waals surface area contributed by atoms with E-state index in [0.29, 0.717) is 31.5 Å². The van der Waals surface area contributed by atoms with E-state index in [1.165, 1.54) is 12.1 Å². The maximum atomic E-state index is 10.5. The van der Waals surface area contributed by atoms with Gasteiger partial charge in [-0.3, -0.25) is 10.1 Å². The highest BCUT2D eigenvalue weighted by Crippen LogP contribution is 2.16. The van der Waals surface area contributed by atoms with Gasteiger partial charge in [0, 0.05) is 31.8 Å². The first-order chi connectivity index (χ1) is 9.17. The predicted molar refractivity (Wildman–Crippen MR) is 72.5 cm³/mol. The van der Waals surface area contributed by atoms with Crippen molar-refractivity contribution in [1.29, 1.82) is 0 Å². The predicted octanol–water partition coefficient (Wildman–Crippen LogP) is 1.99. The molecule has 0 aromatic heterocycles. The second-order valence-corrected chi connectivity index (χ2v) is 4.11. The van der Waals surface area contributed by atoms with E-state index in [2.05, 4.69) is 12.2 Å². The van der Waals surface area contributed by atoms with Crippen LogP contribution in [0.15, 0.2) is 24.3 Å². The number of methoxy groups -OCH3 is 1. The van der Waals surface area contributed by atoms with Crippen molar-refractivity contribution >= 4 is 5.69 Å². The molecule has 0 spiro atoms. The Kier molecular flexibility index (Phi) is 6.84. The fourth-order valence-electron chi connectivity index (χ4n) is 1.62. The molecule has 106 valence electrons. The summed E-state index contributed by atoms with van der Waals surface area (Å²) in [7, 11) is 1.68. The second kappa shape index (κ2) is 8.44. The summed E-state index contributed by atoms with van der Waals surface area (Å²) in [5, 5.41) is 13.8. The van der Waals surface area contributed by atoms with Crippen molar-refractivity contribution in [3.05, 3.63) is 34.4 Å². The van der Waals surface area contributed by atoms with Gasteiger partial charge in [-0.1, -0.05) is 6.92 Å². The zero-order chi connectivity index (χ0) is 14.1. The lowest BCUT2D eigenvalue weighted by atomic mass is 10.2. The van der Waals surface area contributed by atoms with E-state index in [9.17, 15) is 10.1 Å². The molecule has 1 atom stereocenters. The number of nitrogens with one attached hydrogen (secondary N) is 1. The first kappa shape index (κ1) is 15.4. The molecule has 1 unspecified atom stereocenters. The average Bonchev–Trinajstić information content (AvgIpc) is 2.42. The molecule has 1 aromatic carbocycles. The number of benzene rings is 1. The Balaban J connectivity index is 2.27. The Bertz CT molecular complexity index is 381. The summed E-state index contributed by atoms with van der Waals surface area (Å²) >= 11 is 0. The van der Waals surface area contributed by atoms with E-state index in [-0.39, 0.29) is 5.69 Å². The third-order valence-corrected chi connectivity index (χ3v) is 2.71. The minimum absolute atomic E-state index is 0.0663. The molecule has 0 aliphatic heterocycles. The Morgan fingerprint density at radius 2 is 2.05 bits per heavy atom. The van der Waals surface area contributed by atoms with Crippen molar-refractivity contribution in [1.82, 2.24) is 5.32 Å². The molecule has 0 radical (unpaired) electrons. The molecule has 0 bridgehead atoms. The second-order valence-electron chi connectivity index (χ2n) is 4.11. The van der Waals surface area contributed by atoms with Crippen LogP contribution in [-0.2, 0) is 4.74 Å². The molecule has 6 nitrogen and oxygen atoms in total. The third kappa shape index (κ3) is 5.67. The van der Waals surface area contributed by atoms with Crippen molar-refractivity contribution in [3.63, 3.8) is 0 Å². The van der Waals surface area contributed by atoms with E-state index < -0.39 is 4.92 Å². The fraction of sp³-hybridized carbons (Fsp3) is 0.538. The number of rotatable bonds is 9. The van der Waals surface area contributed by atoms with Crippen LogP contribution in [0.3, 0.4) is 0 Å². The Morgan fingerprint density at radius 1 is 1.37 bits per heavy atom. The number of ether oxygens (including phenoxy) is 2. The van der Waals surface area contributed by atoms with Crippen LogP contribution in [0.2, 0.25) is 0 Å². The third-order valence-electron chi connectivity index (χ3n) is 2.71. The molecule has 6 heteroatoms. The molecular weight excluding hydrogens is 248 g/mol. The fourth-order valence-corrected chi connectivity index (χ4v) is 1.62. The minimum atomic E-state index is -0.429. The molecule has 0 amide bonds. The van der Waals surface area contributed by atoms with Gasteiger partial charge in [0.2, 0.25) is 0 Å². The SMILES string of the molecule is CCC(COC)NCCOc1ccc([N+](=O)[O-])cc1. The van der Waals surface area contributed by atoms with E-state index in [1.807, 2.05) is 0 Å². The zero-order valence-corrected chi connectivity index (χ0v) is 11.3. The number of nitrogens with zero attached hydrogens (tertiary/aromatic N) is 1. The Labute approximate surface area is 112 Å². The van der Waals surface area contributed by atoms with Crippen LogP contribution < -0.4 is 10.1 Å². The van der Waals surface area contributed by atoms with E-state index in [1.54, 1.807) is 19.2 Å². The number of nitro groups is 1. The van der Waals surface area contributed by atoms with Gasteiger partial charge in [0.05, 0.1) is 11.5 Å². The number of hydrogen-bond acceptors (Lipinski definition) is 5. The normalized spacial score (nSPS) is 12.1. The topological polar surface area (TPSA) is 73.6 Å². The standard InChI is InChI=1S/C13H20N2O4/c1-3-11(10-18-2)14-8-9-19-13-6-4-12(5-7-13)15(16)17/h4-7,11,14H,3,8-10H2,1-2H3. The summed E-state index contributed by atoms with van der Waals surface area (Å²) in [5.74, 6) is 0.632. The van der Waals surface area contributed by atoms with Crippen molar-refractivity contribution in [2.75, 3.05) is 26.9 Å². The highest BCUT2D eigenvalue weighted by Gasteiger charge is 2.05. The number of hydrogen-bond donors (Lipinski definition) is 1. The van der Waals surface area contributed by atoms with E-state index >= 15 is 0 Å². The monoisotopic (exact) mass is 268 g/mol. The van der Waals surface area contributed by atoms with Gasteiger partial charge in [0.15, 0.2) is 0 Å². The molecule has 0 saturated heterocycles. The molecule has 1 N–H and O–H groups in total. The van der Waals surface area contributed by atoms with Crippen molar-refractivity contribution < 1.29 is 14.4 Å². The van der Waals surface area contributed by atoms with E-state index in [0.717, 1.165) is 6.42 Å². The van der Waals surface area contributed by atoms with Crippen LogP contribution in [0.25, 0.3) is 0 Å². The molecule has 1 aromatic rings. The summed E-state index contributed by atoms with van der Waals surface area (Å²) in [6, 6.07) is 6.39. The highest BCUT2D eigenvalue weighted by atomic mass is 16.6. The van der Waals surface area contributed by atoms with Crippen LogP contribution in [0, 0.1) is 10.1 Å². The summed E-state index contributed by atoms with van der Waals surface area (Å²) in [5.41, 5.74) is 0.0663. The summed E-state index contributed by atoms with van der Waals surface area (Å²) < 4.78 is 10.6.